The molecule has 0 bridgehead atoms. The van der Waals surface area contributed by atoms with Crippen LogP contribution in [0, 0.1) is 5.92 Å². The molecule has 0 aromatic rings. The van der Waals surface area contributed by atoms with Gasteiger partial charge in [-0.05, 0) is 33.6 Å². The van der Waals surface area contributed by atoms with Gasteiger partial charge < -0.3 is 11.1 Å². The lowest BCUT2D eigenvalue weighted by molar-refractivity contribution is -0.124. The molecule has 0 spiro atoms. The molecule has 0 aromatic heterocycles. The van der Waals surface area contributed by atoms with Gasteiger partial charge in [0, 0.05) is 24.8 Å². The van der Waals surface area contributed by atoms with E-state index in [1.807, 2.05) is 13.8 Å². The van der Waals surface area contributed by atoms with Crippen LogP contribution in [-0.4, -0.2) is 37.9 Å². The van der Waals surface area contributed by atoms with Crippen LogP contribution in [0.4, 0.5) is 0 Å². The van der Waals surface area contributed by atoms with Gasteiger partial charge in [-0.1, -0.05) is 13.3 Å². The molecule has 0 aliphatic carbocycles. The highest BCUT2D eigenvalue weighted by Gasteiger charge is 2.30. The first-order valence-corrected chi connectivity index (χ1v) is 8.59. The molecule has 0 aromatic carbocycles. The number of sulfone groups is 1. The summed E-state index contributed by atoms with van der Waals surface area (Å²) in [5.41, 5.74) is 5.65. The molecule has 0 fully saturated rings. The summed E-state index contributed by atoms with van der Waals surface area (Å²) < 4.78 is 22.1. The second-order valence-electron chi connectivity index (χ2n) is 6.06. The van der Waals surface area contributed by atoms with E-state index >= 15 is 0 Å². The average molecular weight is 292 g/mol. The maximum atomic E-state index is 11.9. The predicted octanol–water partition coefficient (Wildman–Crippen LogP) is 1.08. The Hall–Kier alpha value is -0.620. The van der Waals surface area contributed by atoms with Crippen molar-refractivity contribution in [2.45, 2.75) is 57.7 Å². The molecule has 0 heterocycles. The third-order valence-corrected chi connectivity index (χ3v) is 5.59. The van der Waals surface area contributed by atoms with Crippen LogP contribution in [0.1, 0.15) is 47.0 Å². The molecular formula is C13H28N2O3S. The zero-order valence-electron chi connectivity index (χ0n) is 12.7. The molecule has 114 valence electrons. The van der Waals surface area contributed by atoms with E-state index in [1.54, 1.807) is 13.8 Å². The Bertz CT molecular complexity index is 389. The Morgan fingerprint density at radius 2 is 1.79 bits per heavy atom. The highest BCUT2D eigenvalue weighted by Crippen LogP contribution is 2.14. The summed E-state index contributed by atoms with van der Waals surface area (Å²) in [6, 6.07) is 0.152. The van der Waals surface area contributed by atoms with Gasteiger partial charge in [0.15, 0.2) is 9.84 Å². The monoisotopic (exact) mass is 292 g/mol. The minimum atomic E-state index is -3.18. The lowest BCUT2D eigenvalue weighted by atomic mass is 10.0. The second-order valence-corrected chi connectivity index (χ2v) is 8.71. The molecule has 6 heteroatoms. The summed E-state index contributed by atoms with van der Waals surface area (Å²) in [6.07, 6.45) is 3.76. The SMILES string of the molecule is CC(N)CCCC(C)C(=O)NCC(C)(C)S(C)(=O)=O. The second kappa shape index (κ2) is 7.24. The van der Waals surface area contributed by atoms with Crippen LogP contribution in [0.5, 0.6) is 0 Å². The third kappa shape index (κ3) is 6.92. The van der Waals surface area contributed by atoms with E-state index in [1.165, 1.54) is 6.26 Å². The van der Waals surface area contributed by atoms with E-state index in [0.717, 1.165) is 19.3 Å². The van der Waals surface area contributed by atoms with Crippen molar-refractivity contribution in [2.24, 2.45) is 11.7 Å². The molecule has 0 saturated carbocycles. The fraction of sp³-hybridized carbons (Fsp3) is 0.923. The van der Waals surface area contributed by atoms with Gasteiger partial charge in [0.1, 0.15) is 0 Å². The quantitative estimate of drug-likeness (QED) is 0.700. The van der Waals surface area contributed by atoms with Crippen molar-refractivity contribution in [3.05, 3.63) is 0 Å². The number of nitrogens with one attached hydrogen (secondary N) is 1. The van der Waals surface area contributed by atoms with Gasteiger partial charge in [-0.25, -0.2) is 8.42 Å². The standard InChI is InChI=1S/C13H28N2O3S/c1-10(7-6-8-11(2)14)12(16)15-9-13(3,4)19(5,17)18/h10-11H,6-9,14H2,1-5H3,(H,15,16). The van der Waals surface area contributed by atoms with Crippen LogP contribution in [0.15, 0.2) is 0 Å². The molecule has 2 atom stereocenters. The van der Waals surface area contributed by atoms with Gasteiger partial charge in [-0.3, -0.25) is 4.79 Å². The van der Waals surface area contributed by atoms with Gasteiger partial charge in [-0.15, -0.1) is 0 Å². The normalized spacial score (nSPS) is 15.9. The van der Waals surface area contributed by atoms with Gasteiger partial charge >= 0.3 is 0 Å². The topological polar surface area (TPSA) is 89.3 Å². The van der Waals surface area contributed by atoms with Crippen LogP contribution in [0.3, 0.4) is 0 Å². The predicted molar refractivity (Wildman–Crippen MR) is 78.6 cm³/mol. The van der Waals surface area contributed by atoms with Crippen LogP contribution in [0.25, 0.3) is 0 Å². The van der Waals surface area contributed by atoms with Crippen molar-refractivity contribution in [1.29, 1.82) is 0 Å². The Morgan fingerprint density at radius 1 is 1.26 bits per heavy atom. The molecule has 0 radical (unpaired) electrons. The third-order valence-electron chi connectivity index (χ3n) is 3.44. The van der Waals surface area contributed by atoms with E-state index in [0.29, 0.717) is 0 Å². The lowest BCUT2D eigenvalue weighted by Crippen LogP contribution is -2.45. The van der Waals surface area contributed by atoms with Crippen LogP contribution < -0.4 is 11.1 Å². The van der Waals surface area contributed by atoms with Gasteiger partial charge in [0.2, 0.25) is 5.91 Å². The van der Waals surface area contributed by atoms with Crippen molar-refractivity contribution in [1.82, 2.24) is 5.32 Å². The maximum absolute atomic E-state index is 11.9. The largest absolute Gasteiger partial charge is 0.354 e. The molecule has 2 unspecified atom stereocenters. The van der Waals surface area contributed by atoms with Crippen molar-refractivity contribution >= 4 is 15.7 Å². The van der Waals surface area contributed by atoms with E-state index in [9.17, 15) is 13.2 Å². The number of hydrogen-bond donors (Lipinski definition) is 2. The number of rotatable bonds is 8. The average Bonchev–Trinajstić information content (AvgIpc) is 2.23. The molecule has 0 aliphatic heterocycles. The molecule has 1 amide bonds. The summed E-state index contributed by atoms with van der Waals surface area (Å²) in [7, 11) is -3.18. The summed E-state index contributed by atoms with van der Waals surface area (Å²) in [4.78, 5) is 11.9. The number of nitrogens with two attached hydrogens (primary N) is 1. The molecule has 0 saturated heterocycles. The molecule has 0 rings (SSSR count). The van der Waals surface area contributed by atoms with Gasteiger partial charge in [-0.2, -0.15) is 0 Å². The van der Waals surface area contributed by atoms with Crippen molar-refractivity contribution in [3.8, 4) is 0 Å². The Balaban J connectivity index is 4.18. The Labute approximate surface area is 117 Å². The summed E-state index contributed by atoms with van der Waals surface area (Å²) in [6.45, 7) is 7.17. The number of carbonyl (C=O) groups excluding carboxylic acids is 1. The van der Waals surface area contributed by atoms with E-state index in [-0.39, 0.29) is 24.4 Å². The molecule has 3 N–H and O–H groups in total. The zero-order valence-corrected chi connectivity index (χ0v) is 13.5. The zero-order chi connectivity index (χ0) is 15.3. The molecule has 5 nitrogen and oxygen atoms in total. The minimum Gasteiger partial charge on any atom is -0.354 e. The summed E-state index contributed by atoms with van der Waals surface area (Å²) in [5, 5.41) is 2.72. The minimum absolute atomic E-state index is 0.0959. The fourth-order valence-electron chi connectivity index (χ4n) is 1.48. The van der Waals surface area contributed by atoms with Crippen LogP contribution >= 0.6 is 0 Å². The van der Waals surface area contributed by atoms with Gasteiger partial charge in [0.05, 0.1) is 4.75 Å². The Morgan fingerprint density at radius 3 is 2.21 bits per heavy atom. The molecule has 19 heavy (non-hydrogen) atoms. The van der Waals surface area contributed by atoms with Crippen molar-refractivity contribution < 1.29 is 13.2 Å². The summed E-state index contributed by atoms with van der Waals surface area (Å²) >= 11 is 0. The molecule has 0 aliphatic rings. The first-order valence-electron chi connectivity index (χ1n) is 6.70. The lowest BCUT2D eigenvalue weighted by Gasteiger charge is -2.23. The number of carbonyl (C=O) groups is 1. The van der Waals surface area contributed by atoms with Crippen molar-refractivity contribution in [2.75, 3.05) is 12.8 Å². The van der Waals surface area contributed by atoms with Gasteiger partial charge in [0.25, 0.3) is 0 Å². The summed E-state index contributed by atoms with van der Waals surface area (Å²) in [5.74, 6) is -0.212. The fourth-order valence-corrected chi connectivity index (χ4v) is 1.82. The number of hydrogen-bond acceptors (Lipinski definition) is 4. The highest BCUT2D eigenvalue weighted by atomic mass is 32.2. The molecular weight excluding hydrogens is 264 g/mol. The Kier molecular flexibility index (Phi) is 7.00. The van der Waals surface area contributed by atoms with E-state index in [2.05, 4.69) is 5.32 Å². The van der Waals surface area contributed by atoms with Crippen LogP contribution in [0.2, 0.25) is 0 Å². The van der Waals surface area contributed by atoms with E-state index in [4.69, 9.17) is 5.73 Å². The number of amides is 1. The maximum Gasteiger partial charge on any atom is 0.222 e. The van der Waals surface area contributed by atoms with E-state index < -0.39 is 14.6 Å². The smallest absolute Gasteiger partial charge is 0.222 e. The highest BCUT2D eigenvalue weighted by molar-refractivity contribution is 7.92. The van der Waals surface area contributed by atoms with Crippen LogP contribution in [-0.2, 0) is 14.6 Å². The first kappa shape index (κ1) is 18.4. The first-order chi connectivity index (χ1) is 8.47. The van der Waals surface area contributed by atoms with Crippen molar-refractivity contribution in [3.63, 3.8) is 0 Å².